The van der Waals surface area contributed by atoms with E-state index in [0.717, 1.165) is 38.9 Å². The van der Waals surface area contributed by atoms with Gasteiger partial charge in [0.05, 0.1) is 5.56 Å². The molecule has 6 rings (SSSR count). The van der Waals surface area contributed by atoms with E-state index in [1.165, 1.54) is 5.56 Å². The first kappa shape index (κ1) is 24.2. The maximum Gasteiger partial charge on any atom is 0.417 e. The molecule has 3 aromatic rings. The Morgan fingerprint density at radius 2 is 1.76 bits per heavy atom. The third kappa shape index (κ3) is 4.20. The summed E-state index contributed by atoms with van der Waals surface area (Å²) in [5.41, 5.74) is 3.41. The molecule has 0 saturated heterocycles. The van der Waals surface area contributed by atoms with Gasteiger partial charge in [-0.25, -0.2) is 4.39 Å². The highest BCUT2D eigenvalue weighted by Gasteiger charge is 2.38. The summed E-state index contributed by atoms with van der Waals surface area (Å²) >= 11 is 0. The summed E-state index contributed by atoms with van der Waals surface area (Å²) in [5, 5.41) is 5.09. The zero-order valence-corrected chi connectivity index (χ0v) is 20.2. The van der Waals surface area contributed by atoms with Crippen LogP contribution in [0.1, 0.15) is 39.4 Å². The number of ketones is 1. The first-order chi connectivity index (χ1) is 18.3. The number of benzene rings is 3. The van der Waals surface area contributed by atoms with Crippen molar-refractivity contribution in [3.63, 3.8) is 0 Å². The van der Waals surface area contributed by atoms with Crippen molar-refractivity contribution >= 4 is 17.9 Å². The van der Waals surface area contributed by atoms with Crippen LogP contribution < -0.4 is 15.8 Å². The molecule has 2 aliphatic carbocycles. The second-order valence-corrected chi connectivity index (χ2v) is 9.72. The summed E-state index contributed by atoms with van der Waals surface area (Å²) < 4.78 is 55.5. The van der Waals surface area contributed by atoms with Gasteiger partial charge in [-0.15, -0.1) is 0 Å². The maximum absolute atomic E-state index is 14.1. The van der Waals surface area contributed by atoms with E-state index in [2.05, 4.69) is 35.7 Å². The Labute approximate surface area is 217 Å². The summed E-state index contributed by atoms with van der Waals surface area (Å²) in [5.74, 6) is -2.75. The van der Waals surface area contributed by atoms with E-state index in [-0.39, 0.29) is 12.3 Å². The van der Waals surface area contributed by atoms with E-state index < -0.39 is 34.8 Å². The smallest absolute Gasteiger partial charge is 0.364 e. The fourth-order valence-corrected chi connectivity index (χ4v) is 5.75. The van der Waals surface area contributed by atoms with Gasteiger partial charge in [0.2, 0.25) is 0 Å². The summed E-state index contributed by atoms with van der Waals surface area (Å²) in [6.45, 7) is 0. The molecule has 1 heterocycles. The van der Waals surface area contributed by atoms with E-state index in [0.29, 0.717) is 18.6 Å². The van der Waals surface area contributed by atoms with Crippen LogP contribution in [0.3, 0.4) is 0 Å². The topological polar surface area (TPSA) is 29.1 Å². The molecule has 2 unspecified atom stereocenters. The number of rotatable bonds is 3. The Morgan fingerprint density at radius 3 is 2.61 bits per heavy atom. The Kier molecular flexibility index (Phi) is 5.90. The number of nitrogens with one attached hydrogen (secondary N) is 1. The number of fused-ring (bicyclic) bond motifs is 5. The van der Waals surface area contributed by atoms with Gasteiger partial charge < -0.3 is 5.32 Å². The van der Waals surface area contributed by atoms with Crippen molar-refractivity contribution in [2.45, 2.75) is 24.9 Å². The van der Waals surface area contributed by atoms with E-state index in [9.17, 15) is 22.4 Å². The second kappa shape index (κ2) is 9.28. The number of Topliss-reactive ketones (excluding diaryl/α,β-unsaturated/α-hetero) is 1. The molecule has 3 aliphatic rings. The lowest BCUT2D eigenvalue weighted by Gasteiger charge is -2.30. The van der Waals surface area contributed by atoms with Crippen LogP contribution in [0.15, 0.2) is 90.8 Å². The van der Waals surface area contributed by atoms with Gasteiger partial charge in [-0.05, 0) is 75.9 Å². The lowest BCUT2D eigenvalue weighted by Crippen LogP contribution is -2.40. The van der Waals surface area contributed by atoms with Crippen molar-refractivity contribution in [2.75, 3.05) is 0 Å². The minimum Gasteiger partial charge on any atom is -0.364 e. The van der Waals surface area contributed by atoms with Crippen molar-refractivity contribution < 1.29 is 22.4 Å². The zero-order valence-electron chi connectivity index (χ0n) is 20.2. The largest absolute Gasteiger partial charge is 0.417 e. The number of carbonyl (C=O) groups is 1. The van der Waals surface area contributed by atoms with E-state index in [1.54, 1.807) is 12.3 Å². The molecule has 0 fully saturated rings. The number of halogens is 4. The third-order valence-corrected chi connectivity index (χ3v) is 7.50. The SMILES string of the molecule is O=C(c1cc(F)ccc1C(F)(F)F)C1C=c2c(ccc3c2=CCc2ccccc2-3)C(C2=CC=CC=CN2)C1. The van der Waals surface area contributed by atoms with Crippen LogP contribution in [-0.4, -0.2) is 5.78 Å². The highest BCUT2D eigenvalue weighted by atomic mass is 19.4. The molecule has 190 valence electrons. The van der Waals surface area contributed by atoms with Crippen LogP contribution in [0.4, 0.5) is 17.6 Å². The van der Waals surface area contributed by atoms with Crippen LogP contribution in [-0.2, 0) is 12.6 Å². The van der Waals surface area contributed by atoms with Crippen molar-refractivity contribution in [3.8, 4) is 11.1 Å². The molecule has 2 nitrogen and oxygen atoms in total. The minimum atomic E-state index is -4.78. The molecule has 0 saturated carbocycles. The molecule has 1 N–H and O–H groups in total. The molecule has 0 spiro atoms. The number of alkyl halides is 3. The lowest BCUT2D eigenvalue weighted by atomic mass is 9.75. The highest BCUT2D eigenvalue weighted by molar-refractivity contribution is 6.02. The molecule has 3 aromatic carbocycles. The molecule has 0 aromatic heterocycles. The van der Waals surface area contributed by atoms with Gasteiger partial charge in [0.15, 0.2) is 5.78 Å². The molecule has 6 heteroatoms. The first-order valence-corrected chi connectivity index (χ1v) is 12.5. The molecule has 2 atom stereocenters. The first-order valence-electron chi connectivity index (χ1n) is 12.5. The number of allylic oxidation sites excluding steroid dienone is 5. The predicted octanol–water partition coefficient (Wildman–Crippen LogP) is 6.17. The molecule has 0 amide bonds. The summed E-state index contributed by atoms with van der Waals surface area (Å²) in [4.78, 5) is 13.7. The van der Waals surface area contributed by atoms with Crippen LogP contribution in [0.5, 0.6) is 0 Å². The van der Waals surface area contributed by atoms with Gasteiger partial charge in [0, 0.05) is 29.3 Å². The Morgan fingerprint density at radius 1 is 0.921 bits per heavy atom. The van der Waals surface area contributed by atoms with Crippen molar-refractivity contribution in [1.82, 2.24) is 5.32 Å². The highest BCUT2D eigenvalue weighted by Crippen LogP contribution is 2.38. The molecular formula is C32H23F4NO. The van der Waals surface area contributed by atoms with Gasteiger partial charge in [-0.3, -0.25) is 4.79 Å². The Bertz CT molecular complexity index is 1680. The average Bonchev–Trinajstić information content (AvgIpc) is 3.20. The fourth-order valence-electron chi connectivity index (χ4n) is 5.75. The molecule has 0 radical (unpaired) electrons. The molecule has 38 heavy (non-hydrogen) atoms. The van der Waals surface area contributed by atoms with Crippen molar-refractivity contribution in [2.24, 2.45) is 5.92 Å². The minimum absolute atomic E-state index is 0.259. The average molecular weight is 514 g/mol. The van der Waals surface area contributed by atoms with Crippen LogP contribution in [0.25, 0.3) is 23.3 Å². The maximum atomic E-state index is 14.1. The molecular weight excluding hydrogens is 490 g/mol. The summed E-state index contributed by atoms with van der Waals surface area (Å²) in [6.07, 6.45) is 9.42. The summed E-state index contributed by atoms with van der Waals surface area (Å²) in [7, 11) is 0. The van der Waals surface area contributed by atoms with Gasteiger partial charge in [0.1, 0.15) is 5.82 Å². The number of carbonyl (C=O) groups excluding carboxylic acids is 1. The second-order valence-electron chi connectivity index (χ2n) is 9.72. The lowest BCUT2D eigenvalue weighted by molar-refractivity contribution is -0.138. The van der Waals surface area contributed by atoms with Gasteiger partial charge in [0.25, 0.3) is 0 Å². The zero-order chi connectivity index (χ0) is 26.4. The fraction of sp³-hybridized carbons (Fsp3) is 0.156. The van der Waals surface area contributed by atoms with Gasteiger partial charge in [-0.2, -0.15) is 13.2 Å². The number of hydrogen-bond acceptors (Lipinski definition) is 2. The molecule has 0 bridgehead atoms. The van der Waals surface area contributed by atoms with Crippen LogP contribution >= 0.6 is 0 Å². The van der Waals surface area contributed by atoms with E-state index in [1.807, 2.05) is 36.4 Å². The van der Waals surface area contributed by atoms with Crippen molar-refractivity contribution in [1.29, 1.82) is 0 Å². The summed E-state index contributed by atoms with van der Waals surface area (Å²) in [6, 6.07) is 14.3. The van der Waals surface area contributed by atoms with Crippen LogP contribution in [0.2, 0.25) is 0 Å². The van der Waals surface area contributed by atoms with Gasteiger partial charge in [-0.1, -0.05) is 60.7 Å². The standard InChI is InChI=1S/C32H23F4NO/c33-21-10-14-29(32(34,35)36)28(18-21)31(38)20-16-26-24-11-9-19-6-3-4-7-22(19)23(24)12-13-25(26)27(17-20)30-8-2-1-5-15-37-30/h1-8,10-16,18,20,27,37H,9,17H2. The monoisotopic (exact) mass is 513 g/mol. The predicted molar refractivity (Wildman–Crippen MR) is 140 cm³/mol. The van der Waals surface area contributed by atoms with E-state index >= 15 is 0 Å². The Hall–Kier alpha value is -4.19. The normalized spacial score (nSPS) is 19.5. The van der Waals surface area contributed by atoms with E-state index in [4.69, 9.17) is 0 Å². The molecule has 1 aliphatic heterocycles. The number of hydrogen-bond donors (Lipinski definition) is 1. The van der Waals surface area contributed by atoms with Crippen LogP contribution in [0, 0.1) is 11.7 Å². The Balaban J connectivity index is 1.56. The van der Waals surface area contributed by atoms with Gasteiger partial charge >= 0.3 is 6.18 Å². The third-order valence-electron chi connectivity index (χ3n) is 7.50. The van der Waals surface area contributed by atoms with Crippen molar-refractivity contribution in [3.05, 3.63) is 129 Å². The quantitative estimate of drug-likeness (QED) is 0.335.